The fourth-order valence-electron chi connectivity index (χ4n) is 1.97. The Hall–Kier alpha value is -1.53. The monoisotopic (exact) mass is 339 g/mol. The zero-order chi connectivity index (χ0) is 16.1. The number of thioether (sulfide) groups is 1. The minimum atomic E-state index is 0.0555. The molecule has 1 amide bonds. The van der Waals surface area contributed by atoms with Crippen LogP contribution in [0.5, 0.6) is 0 Å². The number of hydrogen-bond donors (Lipinski definition) is 0. The first-order chi connectivity index (χ1) is 10.5. The standard InChI is InChI=1S/C15H18ClN3O2S/c1-10(2)19(14(20)9-22-3)8-13-17-18-15(21-13)11-6-4-5-7-12(11)16/h4-7,10H,8-9H2,1-3H3. The van der Waals surface area contributed by atoms with Crippen LogP contribution in [-0.4, -0.2) is 39.1 Å². The van der Waals surface area contributed by atoms with Crippen molar-refractivity contribution in [2.75, 3.05) is 12.0 Å². The van der Waals surface area contributed by atoms with Crippen molar-refractivity contribution in [2.24, 2.45) is 0 Å². The lowest BCUT2D eigenvalue weighted by atomic mass is 10.2. The van der Waals surface area contributed by atoms with Gasteiger partial charge in [-0.25, -0.2) is 0 Å². The molecule has 0 saturated heterocycles. The summed E-state index contributed by atoms with van der Waals surface area (Å²) >= 11 is 7.62. The van der Waals surface area contributed by atoms with Crippen LogP contribution in [0.3, 0.4) is 0 Å². The van der Waals surface area contributed by atoms with Crippen LogP contribution in [0.15, 0.2) is 28.7 Å². The molecule has 0 bridgehead atoms. The number of hydrogen-bond acceptors (Lipinski definition) is 5. The van der Waals surface area contributed by atoms with E-state index in [2.05, 4.69) is 10.2 Å². The largest absolute Gasteiger partial charge is 0.419 e. The first kappa shape index (κ1) is 16.8. The smallest absolute Gasteiger partial charge is 0.249 e. The number of aromatic nitrogens is 2. The number of carbonyl (C=O) groups excluding carboxylic acids is 1. The molecule has 1 heterocycles. The van der Waals surface area contributed by atoms with E-state index in [1.165, 1.54) is 11.8 Å². The van der Waals surface area contributed by atoms with Gasteiger partial charge in [0.25, 0.3) is 0 Å². The average molecular weight is 340 g/mol. The maximum Gasteiger partial charge on any atom is 0.249 e. The van der Waals surface area contributed by atoms with E-state index in [1.54, 1.807) is 11.0 Å². The van der Waals surface area contributed by atoms with Crippen molar-refractivity contribution >= 4 is 29.3 Å². The summed E-state index contributed by atoms with van der Waals surface area (Å²) in [7, 11) is 0. The fourth-order valence-corrected chi connectivity index (χ4v) is 2.60. The van der Waals surface area contributed by atoms with Crippen LogP contribution in [0.1, 0.15) is 19.7 Å². The second kappa shape index (κ2) is 7.65. The molecule has 118 valence electrons. The van der Waals surface area contributed by atoms with Crippen LogP contribution in [0.4, 0.5) is 0 Å². The Morgan fingerprint density at radius 2 is 2.09 bits per heavy atom. The number of rotatable bonds is 6. The predicted octanol–water partition coefficient (Wildman–Crippen LogP) is 3.49. The summed E-state index contributed by atoms with van der Waals surface area (Å²) in [5.41, 5.74) is 0.689. The van der Waals surface area contributed by atoms with Gasteiger partial charge in [-0.05, 0) is 32.2 Å². The van der Waals surface area contributed by atoms with Crippen LogP contribution in [0.25, 0.3) is 11.5 Å². The van der Waals surface area contributed by atoms with E-state index in [-0.39, 0.29) is 11.9 Å². The first-order valence-electron chi connectivity index (χ1n) is 6.88. The maximum atomic E-state index is 12.1. The lowest BCUT2D eigenvalue weighted by molar-refractivity contribution is -0.131. The number of carbonyl (C=O) groups is 1. The molecule has 0 aliphatic rings. The second-order valence-corrected chi connectivity index (χ2v) is 6.30. The number of nitrogens with zero attached hydrogens (tertiary/aromatic N) is 3. The molecule has 0 radical (unpaired) electrons. The summed E-state index contributed by atoms with van der Waals surface area (Å²) in [5, 5.41) is 8.60. The number of amides is 1. The lowest BCUT2D eigenvalue weighted by Crippen LogP contribution is -2.37. The topological polar surface area (TPSA) is 59.2 Å². The van der Waals surface area contributed by atoms with E-state index in [1.807, 2.05) is 38.3 Å². The van der Waals surface area contributed by atoms with Gasteiger partial charge in [-0.1, -0.05) is 23.7 Å². The zero-order valence-electron chi connectivity index (χ0n) is 12.7. The molecule has 0 saturated carbocycles. The van der Waals surface area contributed by atoms with Gasteiger partial charge in [0.05, 0.1) is 22.9 Å². The summed E-state index contributed by atoms with van der Waals surface area (Å²) in [6.07, 6.45) is 1.90. The van der Waals surface area contributed by atoms with Crippen LogP contribution >= 0.6 is 23.4 Å². The van der Waals surface area contributed by atoms with Gasteiger partial charge < -0.3 is 9.32 Å². The molecule has 0 fully saturated rings. The highest BCUT2D eigenvalue weighted by molar-refractivity contribution is 7.99. The molecule has 0 atom stereocenters. The van der Waals surface area contributed by atoms with Crippen LogP contribution in [-0.2, 0) is 11.3 Å². The zero-order valence-corrected chi connectivity index (χ0v) is 14.3. The number of benzene rings is 1. The average Bonchev–Trinajstić information content (AvgIpc) is 2.93. The molecule has 7 heteroatoms. The molecule has 1 aromatic heterocycles. The summed E-state index contributed by atoms with van der Waals surface area (Å²) in [4.78, 5) is 13.8. The molecule has 1 aromatic carbocycles. The van der Waals surface area contributed by atoms with Gasteiger partial charge in [-0.15, -0.1) is 10.2 Å². The van der Waals surface area contributed by atoms with E-state index < -0.39 is 0 Å². The Balaban J connectivity index is 2.17. The highest BCUT2D eigenvalue weighted by atomic mass is 35.5. The van der Waals surface area contributed by atoms with Crippen molar-refractivity contribution in [3.8, 4) is 11.5 Å². The molecule has 0 unspecified atom stereocenters. The van der Waals surface area contributed by atoms with E-state index in [0.717, 1.165) is 0 Å². The van der Waals surface area contributed by atoms with E-state index in [9.17, 15) is 4.79 Å². The second-order valence-electron chi connectivity index (χ2n) is 5.03. The van der Waals surface area contributed by atoms with Crippen molar-refractivity contribution < 1.29 is 9.21 Å². The van der Waals surface area contributed by atoms with E-state index >= 15 is 0 Å². The molecule has 0 spiro atoms. The van der Waals surface area contributed by atoms with Gasteiger partial charge in [0.1, 0.15) is 0 Å². The Morgan fingerprint density at radius 3 is 2.73 bits per heavy atom. The summed E-state index contributed by atoms with van der Waals surface area (Å²) in [6.45, 7) is 4.22. The number of halogens is 1. The van der Waals surface area contributed by atoms with Gasteiger partial charge in [0, 0.05) is 6.04 Å². The normalized spacial score (nSPS) is 11.0. The summed E-state index contributed by atoms with van der Waals surface area (Å²) < 4.78 is 5.65. The lowest BCUT2D eigenvalue weighted by Gasteiger charge is -2.24. The van der Waals surface area contributed by atoms with Crippen molar-refractivity contribution in [3.05, 3.63) is 35.2 Å². The first-order valence-corrected chi connectivity index (χ1v) is 8.65. The third-order valence-electron chi connectivity index (χ3n) is 3.09. The van der Waals surface area contributed by atoms with E-state index in [0.29, 0.717) is 34.7 Å². The van der Waals surface area contributed by atoms with Gasteiger partial charge in [-0.3, -0.25) is 4.79 Å². The molecular weight excluding hydrogens is 322 g/mol. The molecule has 22 heavy (non-hydrogen) atoms. The SMILES string of the molecule is CSCC(=O)N(Cc1nnc(-c2ccccc2Cl)o1)C(C)C. The van der Waals surface area contributed by atoms with Crippen molar-refractivity contribution in [2.45, 2.75) is 26.4 Å². The molecule has 2 aromatic rings. The molecule has 2 rings (SSSR count). The molecule has 0 N–H and O–H groups in total. The fraction of sp³-hybridized carbons (Fsp3) is 0.400. The quantitative estimate of drug-likeness (QED) is 0.806. The summed E-state index contributed by atoms with van der Waals surface area (Å²) in [5.74, 6) is 1.25. The Kier molecular flexibility index (Phi) is 5.85. The minimum Gasteiger partial charge on any atom is -0.419 e. The Morgan fingerprint density at radius 1 is 1.36 bits per heavy atom. The third-order valence-corrected chi connectivity index (χ3v) is 3.95. The van der Waals surface area contributed by atoms with Crippen molar-refractivity contribution in [3.63, 3.8) is 0 Å². The predicted molar refractivity (Wildman–Crippen MR) is 88.8 cm³/mol. The summed E-state index contributed by atoms with van der Waals surface area (Å²) in [6, 6.07) is 7.34. The van der Waals surface area contributed by atoms with Gasteiger partial charge in [-0.2, -0.15) is 11.8 Å². The van der Waals surface area contributed by atoms with Gasteiger partial charge >= 0.3 is 0 Å². The highest BCUT2D eigenvalue weighted by Gasteiger charge is 2.20. The molecule has 5 nitrogen and oxygen atoms in total. The van der Waals surface area contributed by atoms with Crippen LogP contribution < -0.4 is 0 Å². The minimum absolute atomic E-state index is 0.0555. The highest BCUT2D eigenvalue weighted by Crippen LogP contribution is 2.26. The molecular formula is C15H18ClN3O2S. The maximum absolute atomic E-state index is 12.1. The van der Waals surface area contributed by atoms with Gasteiger partial charge in [0.15, 0.2) is 0 Å². The van der Waals surface area contributed by atoms with Crippen molar-refractivity contribution in [1.82, 2.24) is 15.1 Å². The van der Waals surface area contributed by atoms with Crippen LogP contribution in [0.2, 0.25) is 5.02 Å². The molecule has 0 aliphatic heterocycles. The van der Waals surface area contributed by atoms with E-state index in [4.69, 9.17) is 16.0 Å². The van der Waals surface area contributed by atoms with Crippen LogP contribution in [0, 0.1) is 0 Å². The van der Waals surface area contributed by atoms with Crippen molar-refractivity contribution in [1.29, 1.82) is 0 Å². The Bertz CT molecular complexity index is 645. The third kappa shape index (κ3) is 4.01. The Labute approximate surface area is 139 Å². The molecule has 0 aliphatic carbocycles. The van der Waals surface area contributed by atoms with Gasteiger partial charge in [0.2, 0.25) is 17.7 Å².